The molecule has 0 aromatic heterocycles. The van der Waals surface area contributed by atoms with E-state index in [9.17, 15) is 4.79 Å². The Balaban J connectivity index is 2.20. The number of hydrogen-bond acceptors (Lipinski definition) is 3. The minimum absolute atomic E-state index is 0.128. The van der Waals surface area contributed by atoms with Crippen LogP contribution in [0.3, 0.4) is 0 Å². The molecule has 1 rings (SSSR count). The molecular formula is C12H23NO2. The Labute approximate surface area is 92.6 Å². The van der Waals surface area contributed by atoms with E-state index in [2.05, 4.69) is 17.0 Å². The Kier molecular flexibility index (Phi) is 5.09. The molecule has 2 atom stereocenters. The van der Waals surface area contributed by atoms with Gasteiger partial charge < -0.3 is 10.1 Å². The third kappa shape index (κ3) is 5.17. The van der Waals surface area contributed by atoms with Crippen molar-refractivity contribution in [3.63, 3.8) is 0 Å². The van der Waals surface area contributed by atoms with Crippen LogP contribution in [-0.4, -0.2) is 25.2 Å². The first kappa shape index (κ1) is 12.5. The second kappa shape index (κ2) is 6.11. The van der Waals surface area contributed by atoms with E-state index < -0.39 is 0 Å². The Bertz CT molecular complexity index is 202. The molecule has 1 N–H and O–H groups in total. The lowest BCUT2D eigenvalue weighted by Gasteiger charge is -2.21. The Morgan fingerprint density at radius 2 is 2.20 bits per heavy atom. The molecule has 2 unspecified atom stereocenters. The zero-order valence-corrected chi connectivity index (χ0v) is 10.1. The van der Waals surface area contributed by atoms with Crippen LogP contribution in [0.5, 0.6) is 0 Å². The summed E-state index contributed by atoms with van der Waals surface area (Å²) in [5, 5.41) is 3.50. The molecule has 0 spiro atoms. The van der Waals surface area contributed by atoms with Gasteiger partial charge in [0, 0.05) is 12.1 Å². The molecule has 1 aliphatic rings. The van der Waals surface area contributed by atoms with Crippen LogP contribution in [0.15, 0.2) is 0 Å². The quantitative estimate of drug-likeness (QED) is 0.658. The van der Waals surface area contributed by atoms with Gasteiger partial charge in [-0.05, 0) is 25.7 Å². The maximum Gasteiger partial charge on any atom is 0.307 e. The van der Waals surface area contributed by atoms with Crippen LogP contribution in [-0.2, 0) is 9.53 Å². The number of methoxy groups -OCH3 is 1. The SMILES string of the molecule is CCC(CC1CC1)NC(C)CC(=O)OC. The minimum Gasteiger partial charge on any atom is -0.469 e. The van der Waals surface area contributed by atoms with E-state index in [4.69, 9.17) is 0 Å². The zero-order valence-electron chi connectivity index (χ0n) is 10.1. The summed E-state index contributed by atoms with van der Waals surface area (Å²) in [5.41, 5.74) is 0. The predicted molar refractivity (Wildman–Crippen MR) is 60.7 cm³/mol. The van der Waals surface area contributed by atoms with E-state index in [0.29, 0.717) is 12.5 Å². The second-order valence-corrected chi connectivity index (χ2v) is 4.63. The van der Waals surface area contributed by atoms with Crippen molar-refractivity contribution in [1.82, 2.24) is 5.32 Å². The number of rotatable bonds is 7. The molecule has 1 fully saturated rings. The van der Waals surface area contributed by atoms with Gasteiger partial charge in [-0.15, -0.1) is 0 Å². The van der Waals surface area contributed by atoms with E-state index in [0.717, 1.165) is 12.3 Å². The van der Waals surface area contributed by atoms with Gasteiger partial charge in [0.25, 0.3) is 0 Å². The normalized spacial score (nSPS) is 19.7. The lowest BCUT2D eigenvalue weighted by molar-refractivity contribution is -0.141. The largest absolute Gasteiger partial charge is 0.469 e. The van der Waals surface area contributed by atoms with Gasteiger partial charge in [-0.25, -0.2) is 0 Å². The number of ether oxygens (including phenoxy) is 1. The summed E-state index contributed by atoms with van der Waals surface area (Å²) in [4.78, 5) is 11.1. The molecular weight excluding hydrogens is 190 g/mol. The zero-order chi connectivity index (χ0) is 11.3. The van der Waals surface area contributed by atoms with Gasteiger partial charge in [-0.2, -0.15) is 0 Å². The summed E-state index contributed by atoms with van der Waals surface area (Å²) in [6.07, 6.45) is 5.66. The summed E-state index contributed by atoms with van der Waals surface area (Å²) >= 11 is 0. The van der Waals surface area contributed by atoms with Crippen molar-refractivity contribution in [3.05, 3.63) is 0 Å². The number of carbonyl (C=O) groups excluding carboxylic acids is 1. The molecule has 0 saturated heterocycles. The molecule has 0 aromatic rings. The summed E-state index contributed by atoms with van der Waals surface area (Å²) < 4.78 is 4.65. The highest BCUT2D eigenvalue weighted by Gasteiger charge is 2.25. The molecule has 1 aliphatic carbocycles. The fraction of sp³-hybridized carbons (Fsp3) is 0.917. The molecule has 0 aromatic carbocycles. The van der Waals surface area contributed by atoms with Gasteiger partial charge in [0.2, 0.25) is 0 Å². The monoisotopic (exact) mass is 213 g/mol. The first-order valence-electron chi connectivity index (χ1n) is 5.98. The van der Waals surface area contributed by atoms with E-state index >= 15 is 0 Å². The number of hydrogen-bond donors (Lipinski definition) is 1. The maximum atomic E-state index is 11.1. The van der Waals surface area contributed by atoms with Crippen LogP contribution < -0.4 is 5.32 Å². The highest BCUT2D eigenvalue weighted by atomic mass is 16.5. The van der Waals surface area contributed by atoms with E-state index in [1.54, 1.807) is 0 Å². The minimum atomic E-state index is -0.128. The van der Waals surface area contributed by atoms with Gasteiger partial charge in [0.05, 0.1) is 13.5 Å². The van der Waals surface area contributed by atoms with Crippen molar-refractivity contribution in [2.24, 2.45) is 5.92 Å². The summed E-state index contributed by atoms with van der Waals surface area (Å²) in [6.45, 7) is 4.25. The molecule has 0 aliphatic heterocycles. The molecule has 0 amide bonds. The second-order valence-electron chi connectivity index (χ2n) is 4.63. The van der Waals surface area contributed by atoms with E-state index in [-0.39, 0.29) is 12.0 Å². The van der Waals surface area contributed by atoms with Gasteiger partial charge >= 0.3 is 5.97 Å². The van der Waals surface area contributed by atoms with Crippen molar-refractivity contribution < 1.29 is 9.53 Å². The molecule has 88 valence electrons. The third-order valence-electron chi connectivity index (χ3n) is 3.03. The van der Waals surface area contributed by atoms with Gasteiger partial charge in [0.1, 0.15) is 0 Å². The summed E-state index contributed by atoms with van der Waals surface area (Å²) in [7, 11) is 1.44. The Hall–Kier alpha value is -0.570. The van der Waals surface area contributed by atoms with Crippen molar-refractivity contribution in [2.75, 3.05) is 7.11 Å². The molecule has 15 heavy (non-hydrogen) atoms. The average molecular weight is 213 g/mol. The molecule has 3 nitrogen and oxygen atoms in total. The molecule has 0 heterocycles. The van der Waals surface area contributed by atoms with Crippen molar-refractivity contribution >= 4 is 5.97 Å². The van der Waals surface area contributed by atoms with Crippen LogP contribution in [0.2, 0.25) is 0 Å². The third-order valence-corrected chi connectivity index (χ3v) is 3.03. The fourth-order valence-electron chi connectivity index (χ4n) is 1.90. The Morgan fingerprint density at radius 1 is 1.53 bits per heavy atom. The Morgan fingerprint density at radius 3 is 2.67 bits per heavy atom. The molecule has 3 heteroatoms. The topological polar surface area (TPSA) is 38.3 Å². The van der Waals surface area contributed by atoms with Crippen LogP contribution in [0.25, 0.3) is 0 Å². The number of carbonyl (C=O) groups is 1. The number of esters is 1. The molecule has 1 saturated carbocycles. The smallest absolute Gasteiger partial charge is 0.307 e. The lowest BCUT2D eigenvalue weighted by atomic mass is 10.1. The van der Waals surface area contributed by atoms with Crippen LogP contribution in [0, 0.1) is 5.92 Å². The van der Waals surface area contributed by atoms with Gasteiger partial charge in [-0.3, -0.25) is 4.79 Å². The standard InChI is InChI=1S/C12H23NO2/c1-4-11(8-10-5-6-10)13-9(2)7-12(14)15-3/h9-11,13H,4-8H2,1-3H3. The summed E-state index contributed by atoms with van der Waals surface area (Å²) in [5.74, 6) is 0.809. The van der Waals surface area contributed by atoms with Gasteiger partial charge in [0.15, 0.2) is 0 Å². The average Bonchev–Trinajstić information content (AvgIpc) is 3.00. The van der Waals surface area contributed by atoms with E-state index in [1.807, 2.05) is 6.92 Å². The van der Waals surface area contributed by atoms with E-state index in [1.165, 1.54) is 26.4 Å². The van der Waals surface area contributed by atoms with Crippen LogP contribution in [0.4, 0.5) is 0 Å². The molecule has 0 bridgehead atoms. The van der Waals surface area contributed by atoms with Crippen LogP contribution in [0.1, 0.15) is 46.0 Å². The highest BCUT2D eigenvalue weighted by molar-refractivity contribution is 5.69. The van der Waals surface area contributed by atoms with Crippen LogP contribution >= 0.6 is 0 Å². The van der Waals surface area contributed by atoms with Crippen molar-refractivity contribution in [2.45, 2.75) is 58.0 Å². The predicted octanol–water partition coefficient (Wildman–Crippen LogP) is 2.11. The lowest BCUT2D eigenvalue weighted by Crippen LogP contribution is -2.37. The van der Waals surface area contributed by atoms with Crippen molar-refractivity contribution in [1.29, 1.82) is 0 Å². The van der Waals surface area contributed by atoms with Gasteiger partial charge in [-0.1, -0.05) is 19.8 Å². The highest BCUT2D eigenvalue weighted by Crippen LogP contribution is 2.34. The fourth-order valence-corrected chi connectivity index (χ4v) is 1.90. The molecule has 0 radical (unpaired) electrons. The first-order chi connectivity index (χ1) is 7.15. The first-order valence-corrected chi connectivity index (χ1v) is 5.98. The van der Waals surface area contributed by atoms with Crippen molar-refractivity contribution in [3.8, 4) is 0 Å². The maximum absolute atomic E-state index is 11.1. The summed E-state index contributed by atoms with van der Waals surface area (Å²) in [6, 6.07) is 0.790. The number of nitrogens with one attached hydrogen (secondary N) is 1.